The number of ether oxygens (including phenoxy) is 1. The Morgan fingerprint density at radius 3 is 2.74 bits per heavy atom. The molecule has 0 radical (unpaired) electrons. The Morgan fingerprint density at radius 2 is 2.10 bits per heavy atom. The number of nitrogens with zero attached hydrogens (tertiary/aromatic N) is 2. The molecule has 1 aliphatic heterocycles. The maximum atomic E-state index is 12.6. The first-order valence-corrected chi connectivity index (χ1v) is 11.5. The zero-order valence-electron chi connectivity index (χ0n) is 17.5. The molecule has 0 saturated heterocycles. The van der Waals surface area contributed by atoms with Gasteiger partial charge in [0.2, 0.25) is 0 Å². The molecule has 3 aromatic rings. The minimum Gasteiger partial charge on any atom is -0.493 e. The molecular formula is C24H24N2O4S. The number of aromatic nitrogens is 2. The lowest BCUT2D eigenvalue weighted by Gasteiger charge is -2.34. The fourth-order valence-electron chi connectivity index (χ4n) is 4.25. The normalized spacial score (nSPS) is 17.3. The number of hydrogen-bond acceptors (Lipinski definition) is 5. The standard InChI is InChI=1S/C24H24N2O4S/c1-13(2)19-7-15-8-22(30-12-14-3-4-14)17(23-25-5-6-31-23)9-16(15)20-10-21(27)18(24(28)29)11-26(19)20/h5-6,8-11,13-14,19H,3-4,7,12H2,1-2H3,(H,28,29). The zero-order valence-corrected chi connectivity index (χ0v) is 18.3. The Hall–Kier alpha value is -2.93. The minimum absolute atomic E-state index is 0.0585. The summed E-state index contributed by atoms with van der Waals surface area (Å²) in [6.45, 7) is 4.95. The van der Waals surface area contributed by atoms with E-state index < -0.39 is 11.4 Å². The second kappa shape index (κ2) is 7.64. The molecule has 31 heavy (non-hydrogen) atoms. The SMILES string of the molecule is CC(C)C1Cc2cc(OCC3CC3)c(-c3nccs3)cc2-c2cc(=O)c(C(=O)O)cn21. The van der Waals surface area contributed by atoms with Gasteiger partial charge in [0.05, 0.1) is 17.9 Å². The van der Waals surface area contributed by atoms with Crippen LogP contribution >= 0.6 is 11.3 Å². The van der Waals surface area contributed by atoms with E-state index in [1.807, 2.05) is 9.95 Å². The average molecular weight is 437 g/mol. The Morgan fingerprint density at radius 1 is 1.29 bits per heavy atom. The maximum Gasteiger partial charge on any atom is 0.341 e. The number of carboxylic acid groups (broad SMARTS) is 1. The lowest BCUT2D eigenvalue weighted by Crippen LogP contribution is -2.28. The van der Waals surface area contributed by atoms with Crippen LogP contribution < -0.4 is 10.2 Å². The van der Waals surface area contributed by atoms with Crippen LogP contribution in [0.3, 0.4) is 0 Å². The van der Waals surface area contributed by atoms with Crippen LogP contribution in [0.5, 0.6) is 5.75 Å². The lowest BCUT2D eigenvalue weighted by atomic mass is 9.86. The summed E-state index contributed by atoms with van der Waals surface area (Å²) in [4.78, 5) is 28.6. The number of hydrogen-bond donors (Lipinski definition) is 1. The Balaban J connectivity index is 1.70. The number of benzene rings is 1. The number of rotatable bonds is 6. The highest BCUT2D eigenvalue weighted by molar-refractivity contribution is 7.13. The molecule has 7 heteroatoms. The van der Waals surface area contributed by atoms with Gasteiger partial charge in [0, 0.05) is 35.4 Å². The molecule has 160 valence electrons. The summed E-state index contributed by atoms with van der Waals surface area (Å²) in [5.41, 5.74) is 3.06. The van der Waals surface area contributed by atoms with Crippen LogP contribution in [0.15, 0.2) is 40.8 Å². The van der Waals surface area contributed by atoms with Gasteiger partial charge in [-0.05, 0) is 48.8 Å². The average Bonchev–Trinajstić information content (AvgIpc) is 3.41. The van der Waals surface area contributed by atoms with Crippen molar-refractivity contribution >= 4 is 17.3 Å². The topological polar surface area (TPSA) is 81.4 Å². The second-order valence-corrected chi connectivity index (χ2v) is 9.66. The van der Waals surface area contributed by atoms with Gasteiger partial charge in [-0.2, -0.15) is 0 Å². The first-order chi connectivity index (χ1) is 14.9. The smallest absolute Gasteiger partial charge is 0.341 e. The van der Waals surface area contributed by atoms with Gasteiger partial charge < -0.3 is 14.4 Å². The minimum atomic E-state index is -1.19. The van der Waals surface area contributed by atoms with Gasteiger partial charge in [-0.25, -0.2) is 9.78 Å². The predicted molar refractivity (Wildman–Crippen MR) is 120 cm³/mol. The van der Waals surface area contributed by atoms with Crippen molar-refractivity contribution in [3.8, 4) is 27.6 Å². The third-order valence-electron chi connectivity index (χ3n) is 6.18. The zero-order chi connectivity index (χ0) is 21.7. The molecule has 2 aromatic heterocycles. The highest BCUT2D eigenvalue weighted by Crippen LogP contribution is 2.44. The molecular weight excluding hydrogens is 412 g/mol. The molecule has 1 atom stereocenters. The van der Waals surface area contributed by atoms with Gasteiger partial charge in [-0.15, -0.1) is 11.3 Å². The monoisotopic (exact) mass is 436 g/mol. The van der Waals surface area contributed by atoms with Gasteiger partial charge in [0.1, 0.15) is 16.3 Å². The van der Waals surface area contributed by atoms with E-state index in [2.05, 4.69) is 31.0 Å². The largest absolute Gasteiger partial charge is 0.493 e. The third kappa shape index (κ3) is 3.67. The predicted octanol–water partition coefficient (Wildman–Crippen LogP) is 4.88. The van der Waals surface area contributed by atoms with Crippen LogP contribution in [0.4, 0.5) is 0 Å². The van der Waals surface area contributed by atoms with Gasteiger partial charge in [-0.1, -0.05) is 13.8 Å². The van der Waals surface area contributed by atoms with Crippen molar-refractivity contribution in [1.29, 1.82) is 0 Å². The van der Waals surface area contributed by atoms with Gasteiger partial charge >= 0.3 is 5.97 Å². The van der Waals surface area contributed by atoms with Crippen LogP contribution in [0.2, 0.25) is 0 Å². The van der Waals surface area contributed by atoms with E-state index in [0.29, 0.717) is 12.5 Å². The summed E-state index contributed by atoms with van der Waals surface area (Å²) in [5, 5.41) is 12.3. The van der Waals surface area contributed by atoms with Gasteiger partial charge in [-0.3, -0.25) is 4.79 Å². The van der Waals surface area contributed by atoms with E-state index in [1.165, 1.54) is 25.1 Å². The molecule has 2 aliphatic rings. The van der Waals surface area contributed by atoms with Crippen LogP contribution in [-0.2, 0) is 6.42 Å². The fraction of sp³-hybridized carbons (Fsp3) is 0.375. The molecule has 0 bridgehead atoms. The summed E-state index contributed by atoms with van der Waals surface area (Å²) < 4.78 is 8.20. The van der Waals surface area contributed by atoms with E-state index in [0.717, 1.165) is 39.6 Å². The summed E-state index contributed by atoms with van der Waals surface area (Å²) >= 11 is 1.55. The Labute approximate surface area is 184 Å². The number of aromatic carboxylic acids is 1. The molecule has 5 rings (SSSR count). The highest BCUT2D eigenvalue weighted by atomic mass is 32.1. The molecule has 1 unspecified atom stereocenters. The van der Waals surface area contributed by atoms with Crippen LogP contribution in [0, 0.1) is 11.8 Å². The number of carbonyl (C=O) groups is 1. The van der Waals surface area contributed by atoms with E-state index in [9.17, 15) is 14.7 Å². The molecule has 3 heterocycles. The fourth-order valence-corrected chi connectivity index (χ4v) is 4.90. The Kier molecular flexibility index (Phi) is 4.93. The van der Waals surface area contributed by atoms with Crippen molar-refractivity contribution in [2.45, 2.75) is 39.2 Å². The highest BCUT2D eigenvalue weighted by Gasteiger charge is 2.30. The molecule has 0 spiro atoms. The van der Waals surface area contributed by atoms with Crippen molar-refractivity contribution in [1.82, 2.24) is 9.55 Å². The molecule has 1 fully saturated rings. The number of thiazole rings is 1. The molecule has 6 nitrogen and oxygen atoms in total. The molecule has 1 saturated carbocycles. The first-order valence-electron chi connectivity index (χ1n) is 10.6. The van der Waals surface area contributed by atoms with Crippen LogP contribution in [0.25, 0.3) is 21.8 Å². The van der Waals surface area contributed by atoms with Crippen LogP contribution in [-0.4, -0.2) is 27.2 Å². The van der Waals surface area contributed by atoms with Crippen molar-refractivity contribution in [2.24, 2.45) is 11.8 Å². The van der Waals surface area contributed by atoms with Crippen molar-refractivity contribution in [3.63, 3.8) is 0 Å². The lowest BCUT2D eigenvalue weighted by molar-refractivity contribution is 0.0694. The summed E-state index contributed by atoms with van der Waals surface area (Å²) in [6, 6.07) is 5.68. The molecule has 1 aliphatic carbocycles. The third-order valence-corrected chi connectivity index (χ3v) is 6.99. The van der Waals surface area contributed by atoms with E-state index in [-0.39, 0.29) is 17.5 Å². The first kappa shape index (κ1) is 20.0. The van der Waals surface area contributed by atoms with E-state index in [1.54, 1.807) is 17.5 Å². The van der Waals surface area contributed by atoms with Crippen LogP contribution in [0.1, 0.15) is 48.7 Å². The summed E-state index contributed by atoms with van der Waals surface area (Å²) in [5.74, 6) is 0.546. The molecule has 0 amide bonds. The summed E-state index contributed by atoms with van der Waals surface area (Å²) in [7, 11) is 0. The molecule has 1 aromatic carbocycles. The van der Waals surface area contributed by atoms with Gasteiger partial charge in [0.15, 0.2) is 5.43 Å². The Bertz CT molecular complexity index is 1210. The maximum absolute atomic E-state index is 12.6. The van der Waals surface area contributed by atoms with E-state index in [4.69, 9.17) is 4.74 Å². The summed E-state index contributed by atoms with van der Waals surface area (Å²) in [6.07, 6.45) is 6.47. The van der Waals surface area contributed by atoms with Crippen molar-refractivity contribution < 1.29 is 14.6 Å². The van der Waals surface area contributed by atoms with E-state index >= 15 is 0 Å². The number of pyridine rings is 1. The van der Waals surface area contributed by atoms with Gasteiger partial charge in [0.25, 0.3) is 0 Å². The number of carboxylic acids is 1. The van der Waals surface area contributed by atoms with Crippen molar-refractivity contribution in [3.05, 3.63) is 57.3 Å². The quantitative estimate of drug-likeness (QED) is 0.596. The second-order valence-electron chi connectivity index (χ2n) is 8.76. The molecule has 1 N–H and O–H groups in total. The van der Waals surface area contributed by atoms with Crippen molar-refractivity contribution in [2.75, 3.05) is 6.61 Å². The number of fused-ring (bicyclic) bond motifs is 3.